The molecule has 0 aliphatic rings. The lowest BCUT2D eigenvalue weighted by Crippen LogP contribution is -2.17. The Balaban J connectivity index is 3.51. The first kappa shape index (κ1) is 14.6. The summed E-state index contributed by atoms with van der Waals surface area (Å²) >= 11 is 0. The molecule has 0 unspecified atom stereocenters. The number of hydrogen-bond donors (Lipinski definition) is 1. The van der Waals surface area contributed by atoms with Crippen molar-refractivity contribution < 1.29 is 23.9 Å². The molecular weight excluding hydrogens is 214 g/mol. The Morgan fingerprint density at radius 3 is 2.06 bits per heavy atom. The molecule has 16 heavy (non-hydrogen) atoms. The van der Waals surface area contributed by atoms with Gasteiger partial charge in [-0.2, -0.15) is 0 Å². The zero-order valence-electron chi connectivity index (χ0n) is 9.36. The van der Waals surface area contributed by atoms with Crippen LogP contribution in [0.25, 0.3) is 0 Å². The smallest absolute Gasteiger partial charge is 0.309 e. The van der Waals surface area contributed by atoms with E-state index in [1.807, 2.05) is 6.92 Å². The maximum Gasteiger partial charge on any atom is 0.309 e. The minimum absolute atomic E-state index is 0.0403. The van der Waals surface area contributed by atoms with Crippen LogP contribution in [-0.4, -0.2) is 31.1 Å². The monoisotopic (exact) mass is 231 g/mol. The van der Waals surface area contributed by atoms with Crippen molar-refractivity contribution in [1.82, 2.24) is 0 Å². The number of ether oxygens (including phenoxy) is 2. The zero-order chi connectivity index (χ0) is 12.4. The fourth-order valence-electron chi connectivity index (χ4n) is 0.853. The topological polar surface area (TPSA) is 95.7 Å². The summed E-state index contributed by atoms with van der Waals surface area (Å²) < 4.78 is 9.17. The second kappa shape index (κ2) is 8.84. The average molecular weight is 231 g/mol. The van der Waals surface area contributed by atoms with E-state index < -0.39 is 18.7 Å². The van der Waals surface area contributed by atoms with Crippen LogP contribution in [0, 0.1) is 0 Å². The summed E-state index contributed by atoms with van der Waals surface area (Å²) in [5.41, 5.74) is 5.06. The van der Waals surface area contributed by atoms with Crippen molar-refractivity contribution in [3.05, 3.63) is 0 Å². The number of carbonyl (C=O) groups excluding carboxylic acids is 3. The first-order chi connectivity index (χ1) is 7.60. The predicted molar refractivity (Wildman–Crippen MR) is 55.3 cm³/mol. The third-order valence-corrected chi connectivity index (χ3v) is 1.73. The van der Waals surface area contributed by atoms with Crippen LogP contribution in [0.15, 0.2) is 0 Å². The summed E-state index contributed by atoms with van der Waals surface area (Å²) in [4.78, 5) is 32.6. The van der Waals surface area contributed by atoms with Gasteiger partial charge in [-0.05, 0) is 6.42 Å². The van der Waals surface area contributed by atoms with E-state index in [1.165, 1.54) is 0 Å². The summed E-state index contributed by atoms with van der Waals surface area (Å²) in [6, 6.07) is 0. The van der Waals surface area contributed by atoms with Crippen molar-refractivity contribution in [3.63, 3.8) is 0 Å². The molecule has 0 heterocycles. The quantitative estimate of drug-likeness (QED) is 0.471. The molecule has 0 amide bonds. The Bertz CT molecular complexity index is 252. The van der Waals surface area contributed by atoms with Gasteiger partial charge in [0.25, 0.3) is 0 Å². The first-order valence-corrected chi connectivity index (χ1v) is 5.13. The first-order valence-electron chi connectivity index (χ1n) is 5.13. The molecule has 0 aromatic rings. The number of rotatable bonds is 8. The van der Waals surface area contributed by atoms with Gasteiger partial charge in [-0.15, -0.1) is 0 Å². The van der Waals surface area contributed by atoms with E-state index in [-0.39, 0.29) is 25.2 Å². The number of carbonyl (C=O) groups is 3. The lowest BCUT2D eigenvalue weighted by atomic mass is 10.2. The fourth-order valence-corrected chi connectivity index (χ4v) is 0.853. The molecule has 0 aliphatic heterocycles. The van der Waals surface area contributed by atoms with Crippen molar-refractivity contribution in [2.45, 2.75) is 32.6 Å². The van der Waals surface area contributed by atoms with Crippen LogP contribution in [-0.2, 0) is 23.9 Å². The molecule has 0 rings (SSSR count). The molecule has 0 bridgehead atoms. The lowest BCUT2D eigenvalue weighted by molar-refractivity contribution is -0.167. The summed E-state index contributed by atoms with van der Waals surface area (Å²) in [7, 11) is 0. The Morgan fingerprint density at radius 1 is 1.00 bits per heavy atom. The molecule has 0 aromatic carbocycles. The number of Topliss-reactive ketones (excluding diaryl/α,β-unsaturated/α-hetero) is 1. The zero-order valence-corrected chi connectivity index (χ0v) is 9.36. The number of hydrogen-bond acceptors (Lipinski definition) is 6. The maximum atomic E-state index is 11.0. The van der Waals surface area contributed by atoms with Crippen LogP contribution in [0.5, 0.6) is 0 Å². The minimum atomic E-state index is -0.578. The van der Waals surface area contributed by atoms with E-state index in [4.69, 9.17) is 5.73 Å². The molecule has 92 valence electrons. The Morgan fingerprint density at radius 2 is 1.56 bits per heavy atom. The normalized spacial score (nSPS) is 9.62. The van der Waals surface area contributed by atoms with Crippen LogP contribution in [0.2, 0.25) is 0 Å². The van der Waals surface area contributed by atoms with Crippen LogP contribution in [0.4, 0.5) is 0 Å². The van der Waals surface area contributed by atoms with Crippen LogP contribution in [0.3, 0.4) is 0 Å². The highest BCUT2D eigenvalue weighted by atomic mass is 16.7. The van der Waals surface area contributed by atoms with E-state index in [1.54, 1.807) is 0 Å². The molecule has 0 fully saturated rings. The van der Waals surface area contributed by atoms with Crippen molar-refractivity contribution >= 4 is 17.7 Å². The Kier molecular flexibility index (Phi) is 8.05. The third kappa shape index (κ3) is 7.93. The third-order valence-electron chi connectivity index (χ3n) is 1.73. The van der Waals surface area contributed by atoms with Gasteiger partial charge in [-0.25, -0.2) is 0 Å². The van der Waals surface area contributed by atoms with E-state index in [0.717, 1.165) is 0 Å². The largest absolute Gasteiger partial charge is 0.428 e. The average Bonchev–Trinajstić information content (AvgIpc) is 2.26. The highest BCUT2D eigenvalue weighted by molar-refractivity contribution is 5.84. The minimum Gasteiger partial charge on any atom is -0.428 e. The van der Waals surface area contributed by atoms with E-state index in [2.05, 4.69) is 9.47 Å². The van der Waals surface area contributed by atoms with Gasteiger partial charge in [0.05, 0.1) is 13.0 Å². The molecule has 2 N–H and O–H groups in total. The highest BCUT2D eigenvalue weighted by Crippen LogP contribution is 1.96. The van der Waals surface area contributed by atoms with Crippen LogP contribution in [0.1, 0.15) is 32.6 Å². The Labute approximate surface area is 94.1 Å². The summed E-state index contributed by atoms with van der Waals surface area (Å²) in [6.07, 6.45) is 0.987. The van der Waals surface area contributed by atoms with Gasteiger partial charge in [0.15, 0.2) is 0 Å². The summed E-state index contributed by atoms with van der Waals surface area (Å²) in [6.45, 7) is 1.36. The lowest BCUT2D eigenvalue weighted by Gasteiger charge is -2.05. The number of ketones is 1. The molecule has 0 atom stereocenters. The van der Waals surface area contributed by atoms with Crippen molar-refractivity contribution in [3.8, 4) is 0 Å². The summed E-state index contributed by atoms with van der Waals surface area (Å²) in [5.74, 6) is -1.20. The molecule has 0 radical (unpaired) electrons. The van der Waals surface area contributed by atoms with E-state index in [9.17, 15) is 14.4 Å². The predicted octanol–water partition coefficient (Wildman–Crippen LogP) is 0.138. The van der Waals surface area contributed by atoms with Gasteiger partial charge in [0.2, 0.25) is 6.79 Å². The molecule has 6 heteroatoms. The fraction of sp³-hybridized carbons (Fsp3) is 0.700. The van der Waals surface area contributed by atoms with Gasteiger partial charge < -0.3 is 15.2 Å². The molecule has 0 aromatic heterocycles. The van der Waals surface area contributed by atoms with E-state index >= 15 is 0 Å². The Hall–Kier alpha value is -1.43. The second-order valence-electron chi connectivity index (χ2n) is 3.14. The summed E-state index contributed by atoms with van der Waals surface area (Å²) in [5, 5.41) is 0. The molecule has 0 saturated heterocycles. The molecule has 0 saturated carbocycles. The van der Waals surface area contributed by atoms with Gasteiger partial charge in [-0.1, -0.05) is 6.92 Å². The molecule has 6 nitrogen and oxygen atoms in total. The van der Waals surface area contributed by atoms with E-state index in [0.29, 0.717) is 12.8 Å². The molecule has 0 spiro atoms. The van der Waals surface area contributed by atoms with Crippen LogP contribution < -0.4 is 5.73 Å². The second-order valence-corrected chi connectivity index (χ2v) is 3.14. The van der Waals surface area contributed by atoms with Crippen LogP contribution >= 0.6 is 0 Å². The van der Waals surface area contributed by atoms with Crippen molar-refractivity contribution in [2.24, 2.45) is 5.73 Å². The molecule has 0 aliphatic carbocycles. The van der Waals surface area contributed by atoms with Gasteiger partial charge in [-0.3, -0.25) is 14.4 Å². The van der Waals surface area contributed by atoms with Gasteiger partial charge >= 0.3 is 11.9 Å². The maximum absolute atomic E-state index is 11.0. The molecular formula is C10H17NO5. The number of nitrogens with two attached hydrogens (primary N) is 1. The van der Waals surface area contributed by atoms with Gasteiger partial charge in [0.1, 0.15) is 5.78 Å². The van der Waals surface area contributed by atoms with Crippen molar-refractivity contribution in [1.29, 1.82) is 0 Å². The highest BCUT2D eigenvalue weighted by Gasteiger charge is 2.07. The number of esters is 2. The standard InChI is InChI=1S/C10H17NO5/c1-2-3-9(13)15-7-16-10(14)5-4-8(12)6-11/h2-7,11H2,1H3. The van der Waals surface area contributed by atoms with Gasteiger partial charge in [0, 0.05) is 12.8 Å². The van der Waals surface area contributed by atoms with Crippen molar-refractivity contribution in [2.75, 3.05) is 13.3 Å². The SMILES string of the molecule is CCCC(=O)OCOC(=O)CCC(=O)CN.